The van der Waals surface area contributed by atoms with E-state index < -0.39 is 31.4 Å². The van der Waals surface area contributed by atoms with Crippen LogP contribution < -0.4 is 10.6 Å². The molecule has 1 aliphatic heterocycles. The molecule has 0 bridgehead atoms. The number of H-pyrrole nitrogens is 1. The zero-order valence-electron chi connectivity index (χ0n) is 33.0. The number of carbonyl (C=O) groups excluding carboxylic acids is 1. The van der Waals surface area contributed by atoms with E-state index in [-0.39, 0.29) is 42.3 Å². The summed E-state index contributed by atoms with van der Waals surface area (Å²) in [6, 6.07) is 3.22. The quantitative estimate of drug-likeness (QED) is 0.0451. The minimum Gasteiger partial charge on any atom is -0.373 e. The Balaban J connectivity index is 1.37. The first-order chi connectivity index (χ1) is 26.6. The highest BCUT2D eigenvalue weighted by Gasteiger charge is 2.39. The van der Waals surface area contributed by atoms with Crippen molar-refractivity contribution < 1.29 is 32.4 Å². The lowest BCUT2D eigenvalue weighted by molar-refractivity contribution is 0.0173. The Morgan fingerprint density at radius 2 is 1.69 bits per heavy atom. The van der Waals surface area contributed by atoms with Crippen molar-refractivity contribution in [3.8, 4) is 17.2 Å². The molecule has 2 amide bonds. The van der Waals surface area contributed by atoms with Gasteiger partial charge >= 0.3 is 13.9 Å². The minimum absolute atomic E-state index is 0.0722. The van der Waals surface area contributed by atoms with E-state index in [0.29, 0.717) is 49.0 Å². The Labute approximate surface area is 325 Å². The van der Waals surface area contributed by atoms with E-state index in [4.69, 9.17) is 13.8 Å². The van der Waals surface area contributed by atoms with Gasteiger partial charge in [-0.25, -0.2) is 28.7 Å². The summed E-state index contributed by atoms with van der Waals surface area (Å²) in [5, 5.41) is 14.5. The highest BCUT2D eigenvalue weighted by atomic mass is 31.2. The third-order valence-electron chi connectivity index (χ3n) is 10.0. The van der Waals surface area contributed by atoms with E-state index in [2.05, 4.69) is 43.6 Å². The Morgan fingerprint density at radius 1 is 1.05 bits per heavy atom. The number of hydrogen-bond acceptors (Lipinski definition) is 9. The largest absolute Gasteiger partial charge is 0.473 e. The van der Waals surface area contributed by atoms with Gasteiger partial charge in [0.25, 0.3) is 0 Å². The Bertz CT molecular complexity index is 1710. The number of hydrogen-bond donors (Lipinski definition) is 4. The molecule has 3 heterocycles. The molecule has 15 heteroatoms. The number of aromatic nitrogens is 4. The molecule has 2 unspecified atom stereocenters. The van der Waals surface area contributed by atoms with Crippen LogP contribution in [0.15, 0.2) is 18.5 Å². The maximum absolute atomic E-state index is 16.4. The number of aromatic amines is 1. The third kappa shape index (κ3) is 13.9. The van der Waals surface area contributed by atoms with Gasteiger partial charge in [0.15, 0.2) is 5.82 Å². The molecule has 4 N–H and O–H groups in total. The molecule has 1 fully saturated rings. The summed E-state index contributed by atoms with van der Waals surface area (Å²) in [6.45, 7) is 6.62. The summed E-state index contributed by atoms with van der Waals surface area (Å²) in [4.78, 5) is 39.4. The predicted octanol–water partition coefficient (Wildman–Crippen LogP) is 10.7. The van der Waals surface area contributed by atoms with Gasteiger partial charge in [-0.3, -0.25) is 14.4 Å². The molecule has 3 aromatic rings. The number of anilines is 1. The number of imidazole rings is 1. The molecule has 4 rings (SSSR count). The van der Waals surface area contributed by atoms with E-state index in [0.717, 1.165) is 25.7 Å². The summed E-state index contributed by atoms with van der Waals surface area (Å²) in [5.41, 5.74) is 0.174. The smallest absolute Gasteiger partial charge is 0.373 e. The van der Waals surface area contributed by atoms with Gasteiger partial charge in [-0.05, 0) is 52.0 Å². The summed E-state index contributed by atoms with van der Waals surface area (Å²) in [6.07, 6.45) is 21.2. The fourth-order valence-corrected chi connectivity index (χ4v) is 8.13. The monoisotopic (exact) mass is 785 g/mol. The average Bonchev–Trinajstić information content (AvgIpc) is 3.83. The number of phosphoric ester groups is 1. The number of amides is 2. The van der Waals surface area contributed by atoms with Crippen molar-refractivity contribution in [1.29, 1.82) is 5.26 Å². The fourth-order valence-electron chi connectivity index (χ4n) is 7.03. The van der Waals surface area contributed by atoms with Gasteiger partial charge in [-0.2, -0.15) is 5.26 Å². The number of carbonyl (C=O) groups is 1. The van der Waals surface area contributed by atoms with Crippen LogP contribution in [0.3, 0.4) is 0 Å². The number of urea groups is 1. The maximum Gasteiger partial charge on any atom is 0.473 e. The molecule has 3 atom stereocenters. The Hall–Kier alpha value is -3.47. The van der Waals surface area contributed by atoms with Crippen LogP contribution >= 0.6 is 7.82 Å². The molecule has 1 aliphatic rings. The Kier molecular flexibility index (Phi) is 18.4. The lowest BCUT2D eigenvalue weighted by atomic mass is 9.96. The van der Waals surface area contributed by atoms with Gasteiger partial charge in [0.1, 0.15) is 11.4 Å². The van der Waals surface area contributed by atoms with Crippen LogP contribution in [-0.2, 0) is 24.0 Å². The van der Waals surface area contributed by atoms with Gasteiger partial charge in [0.2, 0.25) is 5.95 Å². The lowest BCUT2D eigenvalue weighted by Gasteiger charge is -2.29. The van der Waals surface area contributed by atoms with E-state index in [1.807, 2.05) is 0 Å². The molecular formula is C40H61FN7O6P. The number of nitriles is 1. The highest BCUT2D eigenvalue weighted by molar-refractivity contribution is 7.47. The van der Waals surface area contributed by atoms with Gasteiger partial charge in [0, 0.05) is 48.7 Å². The number of nitrogens with zero attached hydrogens (tertiary/aromatic N) is 4. The van der Waals surface area contributed by atoms with Crippen molar-refractivity contribution in [3.63, 3.8) is 0 Å². The fraction of sp³-hybridized carbons (Fsp3) is 0.675. The number of unbranched alkanes of at least 4 members (excludes halogenated alkanes) is 14. The molecule has 0 radical (unpaired) electrons. The third-order valence-corrected chi connectivity index (χ3v) is 11.2. The molecule has 304 valence electrons. The van der Waals surface area contributed by atoms with Gasteiger partial charge in [0.05, 0.1) is 29.8 Å². The van der Waals surface area contributed by atoms with E-state index in [1.165, 1.54) is 76.6 Å². The van der Waals surface area contributed by atoms with Crippen molar-refractivity contribution in [2.75, 3.05) is 25.1 Å². The van der Waals surface area contributed by atoms with Gasteiger partial charge in [-0.15, -0.1) is 0 Å². The summed E-state index contributed by atoms with van der Waals surface area (Å²) in [5.74, 6) is -0.287. The number of phosphoric acid groups is 1. The van der Waals surface area contributed by atoms with Crippen molar-refractivity contribution in [1.82, 2.24) is 25.3 Å². The van der Waals surface area contributed by atoms with Crippen molar-refractivity contribution in [3.05, 3.63) is 35.7 Å². The molecule has 0 aliphatic carbocycles. The maximum atomic E-state index is 16.4. The van der Waals surface area contributed by atoms with Crippen molar-refractivity contribution in [2.45, 2.75) is 154 Å². The minimum atomic E-state index is -4.53. The van der Waals surface area contributed by atoms with Crippen LogP contribution in [0, 0.1) is 17.1 Å². The molecule has 0 saturated carbocycles. The van der Waals surface area contributed by atoms with Crippen LogP contribution in [0.2, 0.25) is 0 Å². The van der Waals surface area contributed by atoms with Gasteiger partial charge in [-0.1, -0.05) is 90.4 Å². The second-order valence-corrected chi connectivity index (χ2v) is 16.0. The zero-order valence-corrected chi connectivity index (χ0v) is 33.9. The van der Waals surface area contributed by atoms with E-state index in [9.17, 15) is 19.5 Å². The molecule has 13 nitrogen and oxygen atoms in total. The summed E-state index contributed by atoms with van der Waals surface area (Å²) in [7, 11) is -4.53. The second-order valence-electron chi connectivity index (χ2n) is 14.6. The van der Waals surface area contributed by atoms with Crippen LogP contribution in [0.1, 0.15) is 160 Å². The highest BCUT2D eigenvalue weighted by Crippen LogP contribution is 2.51. The van der Waals surface area contributed by atoms with E-state index in [1.54, 1.807) is 19.9 Å². The first-order valence-electron chi connectivity index (χ1n) is 20.4. The van der Waals surface area contributed by atoms with Crippen LogP contribution in [0.5, 0.6) is 0 Å². The number of benzene rings is 1. The standard InChI is InChI=1S/C40H61FN7O6P/c1-4-6-7-8-9-10-11-12-13-14-15-16-17-20-26-53-55(50,51)54-40(3,23-18-19-24-42)37-44-28-30(29-45-37)31-27-32-36(34(35(31)41)33-22-21-25-52-33)47-38(46-32)48-39(49)43-5-2/h27-29,33H,4-23,25-26H2,1-3H3,(H,50,51)(H3,43,46,47,48,49)/t33-,40?/m1/s1. The topological polar surface area (TPSA) is 184 Å². The normalized spacial score (nSPS) is 16.5. The lowest BCUT2D eigenvalue weighted by Crippen LogP contribution is -2.28. The molecule has 0 spiro atoms. The first kappa shape index (κ1) is 44.2. The van der Waals surface area contributed by atoms with Crippen LogP contribution in [0.25, 0.3) is 22.2 Å². The van der Waals surface area contributed by atoms with Gasteiger partial charge < -0.3 is 19.9 Å². The second kappa shape index (κ2) is 22.9. The molecular weight excluding hydrogens is 724 g/mol. The average molecular weight is 786 g/mol. The number of halogens is 1. The van der Waals surface area contributed by atoms with Crippen molar-refractivity contribution in [2.24, 2.45) is 0 Å². The van der Waals surface area contributed by atoms with Crippen molar-refractivity contribution >= 4 is 30.8 Å². The number of rotatable bonds is 26. The van der Waals surface area contributed by atoms with Crippen LogP contribution in [0.4, 0.5) is 15.1 Å². The first-order valence-corrected chi connectivity index (χ1v) is 21.9. The zero-order chi connectivity index (χ0) is 39.5. The molecule has 1 aromatic carbocycles. The molecule has 2 aromatic heterocycles. The SMILES string of the molecule is CCCCCCCCCCCCCCCCOP(=O)(O)OC(C)(CCCC#N)c1ncc(-c2cc3[nH]c(NC(=O)NCC)nc3c([C@H]3CCCO3)c2F)cn1. The number of ether oxygens (including phenoxy) is 1. The molecule has 55 heavy (non-hydrogen) atoms. The molecule has 1 saturated heterocycles. The number of fused-ring (bicyclic) bond motifs is 1. The summed E-state index contributed by atoms with van der Waals surface area (Å²) < 4.78 is 46.6. The van der Waals surface area contributed by atoms with Crippen LogP contribution in [-0.4, -0.2) is 50.6 Å². The predicted molar refractivity (Wildman–Crippen MR) is 212 cm³/mol. The van der Waals surface area contributed by atoms with E-state index >= 15 is 4.39 Å². The summed E-state index contributed by atoms with van der Waals surface area (Å²) >= 11 is 0. The number of nitrogens with one attached hydrogen (secondary N) is 3. The Morgan fingerprint density at radius 3 is 2.27 bits per heavy atom.